The first-order valence-corrected chi connectivity index (χ1v) is 5.04. The molecule has 0 fully saturated rings. The van der Waals surface area contributed by atoms with Crippen LogP contribution in [0.3, 0.4) is 0 Å². The maximum atomic E-state index is 5.81. The Morgan fingerprint density at radius 1 is 1.20 bits per heavy atom. The summed E-state index contributed by atoms with van der Waals surface area (Å²) in [6.07, 6.45) is 0. The number of hydrogen-bond donors (Lipinski definition) is 3. The minimum absolute atomic E-state index is 0.0239. The molecule has 0 spiro atoms. The van der Waals surface area contributed by atoms with Crippen molar-refractivity contribution >= 4 is 45.1 Å². The van der Waals surface area contributed by atoms with Crippen LogP contribution in [0.5, 0.6) is 0 Å². The largest absolute Gasteiger partial charge is 0.370 e. The molecule has 0 amide bonds. The fraction of sp³-hybridized carbons (Fsp3) is 0. The van der Waals surface area contributed by atoms with Crippen LogP contribution in [0.4, 0.5) is 5.69 Å². The zero-order valence-electron chi connectivity index (χ0n) is 7.61. The standard InChI is InChI=1S/C8H9BrClN5/c9-4-1-5(10)3-6(2-4)14-8(13)15-7(11)12/h1-3H,(H6,11,12,13,14,15). The van der Waals surface area contributed by atoms with Crippen LogP contribution in [0, 0.1) is 0 Å². The average molecular weight is 291 g/mol. The predicted molar refractivity (Wildman–Crippen MR) is 66.2 cm³/mol. The van der Waals surface area contributed by atoms with E-state index < -0.39 is 0 Å². The van der Waals surface area contributed by atoms with Crippen molar-refractivity contribution < 1.29 is 0 Å². The molecule has 7 heteroatoms. The van der Waals surface area contributed by atoms with Gasteiger partial charge < -0.3 is 17.2 Å². The first-order valence-electron chi connectivity index (χ1n) is 3.87. The number of guanidine groups is 2. The lowest BCUT2D eigenvalue weighted by molar-refractivity contribution is 1.38. The van der Waals surface area contributed by atoms with Crippen molar-refractivity contribution in [1.82, 2.24) is 0 Å². The Balaban J connectivity index is 3.03. The van der Waals surface area contributed by atoms with E-state index in [1.807, 2.05) is 0 Å². The number of benzene rings is 1. The predicted octanol–water partition coefficient (Wildman–Crippen LogP) is 1.32. The molecule has 0 atom stereocenters. The molecule has 5 nitrogen and oxygen atoms in total. The molecule has 6 N–H and O–H groups in total. The van der Waals surface area contributed by atoms with Gasteiger partial charge in [-0.3, -0.25) is 0 Å². The van der Waals surface area contributed by atoms with Gasteiger partial charge in [-0.2, -0.15) is 4.99 Å². The zero-order chi connectivity index (χ0) is 11.4. The summed E-state index contributed by atoms with van der Waals surface area (Å²) in [4.78, 5) is 7.53. The number of halogens is 2. The Morgan fingerprint density at radius 3 is 2.40 bits per heavy atom. The highest BCUT2D eigenvalue weighted by molar-refractivity contribution is 9.10. The van der Waals surface area contributed by atoms with Crippen LogP contribution in [0.1, 0.15) is 0 Å². The van der Waals surface area contributed by atoms with Crippen LogP contribution in [0.2, 0.25) is 5.02 Å². The third-order valence-electron chi connectivity index (χ3n) is 1.33. The lowest BCUT2D eigenvalue weighted by Gasteiger charge is -1.98. The Labute approximate surface area is 100 Å². The van der Waals surface area contributed by atoms with E-state index in [0.29, 0.717) is 10.7 Å². The Bertz CT molecular complexity index is 405. The van der Waals surface area contributed by atoms with E-state index in [-0.39, 0.29) is 11.9 Å². The van der Waals surface area contributed by atoms with Gasteiger partial charge in [-0.1, -0.05) is 27.5 Å². The maximum absolute atomic E-state index is 5.81. The average Bonchev–Trinajstić information content (AvgIpc) is 1.98. The normalized spacial score (nSPS) is 11.2. The molecule has 0 heterocycles. The summed E-state index contributed by atoms with van der Waals surface area (Å²) in [6, 6.07) is 5.11. The molecular weight excluding hydrogens is 281 g/mol. The SMILES string of the molecule is NC(N)=NC(N)=Nc1cc(Cl)cc(Br)c1. The molecule has 80 valence electrons. The molecule has 0 radical (unpaired) electrons. The molecule has 0 saturated carbocycles. The van der Waals surface area contributed by atoms with E-state index in [1.165, 1.54) is 0 Å². The summed E-state index contributed by atoms with van der Waals surface area (Å²) in [7, 11) is 0. The van der Waals surface area contributed by atoms with Crippen LogP contribution in [-0.4, -0.2) is 11.9 Å². The van der Waals surface area contributed by atoms with Gasteiger partial charge in [0.15, 0.2) is 5.96 Å². The number of rotatable bonds is 1. The highest BCUT2D eigenvalue weighted by Gasteiger charge is 1.97. The zero-order valence-corrected chi connectivity index (χ0v) is 9.96. The van der Waals surface area contributed by atoms with Crippen molar-refractivity contribution in [1.29, 1.82) is 0 Å². The fourth-order valence-corrected chi connectivity index (χ4v) is 1.74. The fourth-order valence-electron chi connectivity index (χ4n) is 0.893. The van der Waals surface area contributed by atoms with Gasteiger partial charge in [0, 0.05) is 9.50 Å². The summed E-state index contributed by atoms with van der Waals surface area (Å²) in [5.41, 5.74) is 16.3. The maximum Gasteiger partial charge on any atom is 0.223 e. The van der Waals surface area contributed by atoms with E-state index in [9.17, 15) is 0 Å². The molecule has 1 rings (SSSR count). The quantitative estimate of drug-likeness (QED) is 0.537. The van der Waals surface area contributed by atoms with Gasteiger partial charge in [-0.15, -0.1) is 0 Å². The second kappa shape index (κ2) is 4.99. The second-order valence-corrected chi connectivity index (χ2v) is 3.99. The summed E-state index contributed by atoms with van der Waals surface area (Å²) >= 11 is 9.09. The topological polar surface area (TPSA) is 103 Å². The summed E-state index contributed by atoms with van der Waals surface area (Å²) < 4.78 is 0.797. The molecule has 0 aliphatic heterocycles. The minimum Gasteiger partial charge on any atom is -0.370 e. The van der Waals surface area contributed by atoms with E-state index in [0.717, 1.165) is 4.47 Å². The lowest BCUT2D eigenvalue weighted by atomic mass is 10.3. The van der Waals surface area contributed by atoms with Crippen molar-refractivity contribution in [2.24, 2.45) is 27.2 Å². The van der Waals surface area contributed by atoms with Crippen LogP contribution in [0.15, 0.2) is 32.7 Å². The molecule has 0 aromatic heterocycles. The summed E-state index contributed by atoms with van der Waals surface area (Å²) in [5.74, 6) is -0.165. The van der Waals surface area contributed by atoms with Gasteiger partial charge in [-0.25, -0.2) is 4.99 Å². The van der Waals surface area contributed by atoms with Crippen LogP contribution < -0.4 is 17.2 Å². The summed E-state index contributed by atoms with van der Waals surface area (Å²) in [6.45, 7) is 0. The Morgan fingerprint density at radius 2 is 1.87 bits per heavy atom. The van der Waals surface area contributed by atoms with Gasteiger partial charge in [0.25, 0.3) is 0 Å². The van der Waals surface area contributed by atoms with Gasteiger partial charge in [-0.05, 0) is 18.2 Å². The summed E-state index contributed by atoms with van der Waals surface area (Å²) in [5, 5.41) is 0.542. The van der Waals surface area contributed by atoms with Crippen molar-refractivity contribution in [2.75, 3.05) is 0 Å². The number of aliphatic imine (C=N–C) groups is 2. The van der Waals surface area contributed by atoms with Crippen LogP contribution in [0.25, 0.3) is 0 Å². The van der Waals surface area contributed by atoms with Gasteiger partial charge in [0.1, 0.15) is 0 Å². The van der Waals surface area contributed by atoms with Crippen molar-refractivity contribution in [3.8, 4) is 0 Å². The highest BCUT2D eigenvalue weighted by atomic mass is 79.9. The number of nitrogens with two attached hydrogens (primary N) is 3. The number of hydrogen-bond acceptors (Lipinski definition) is 1. The number of nitrogens with zero attached hydrogens (tertiary/aromatic N) is 2. The van der Waals surface area contributed by atoms with Crippen LogP contribution >= 0.6 is 27.5 Å². The van der Waals surface area contributed by atoms with Gasteiger partial charge in [0.05, 0.1) is 5.69 Å². The van der Waals surface area contributed by atoms with Gasteiger partial charge >= 0.3 is 0 Å². The molecule has 0 unspecified atom stereocenters. The first kappa shape index (κ1) is 11.8. The van der Waals surface area contributed by atoms with Crippen molar-refractivity contribution in [3.63, 3.8) is 0 Å². The Kier molecular flexibility index (Phi) is 3.93. The molecule has 0 aliphatic rings. The molecular formula is C8H9BrClN5. The molecule has 1 aromatic carbocycles. The molecule has 15 heavy (non-hydrogen) atoms. The third kappa shape index (κ3) is 4.18. The van der Waals surface area contributed by atoms with E-state index in [2.05, 4.69) is 25.9 Å². The third-order valence-corrected chi connectivity index (χ3v) is 2.01. The van der Waals surface area contributed by atoms with Crippen molar-refractivity contribution in [3.05, 3.63) is 27.7 Å². The van der Waals surface area contributed by atoms with E-state index >= 15 is 0 Å². The minimum atomic E-state index is -0.141. The smallest absolute Gasteiger partial charge is 0.223 e. The van der Waals surface area contributed by atoms with E-state index in [1.54, 1.807) is 18.2 Å². The van der Waals surface area contributed by atoms with E-state index in [4.69, 9.17) is 28.8 Å². The molecule has 0 aliphatic carbocycles. The highest BCUT2D eigenvalue weighted by Crippen LogP contribution is 2.24. The molecule has 0 bridgehead atoms. The monoisotopic (exact) mass is 289 g/mol. The van der Waals surface area contributed by atoms with Crippen molar-refractivity contribution in [2.45, 2.75) is 0 Å². The molecule has 0 saturated heterocycles. The molecule has 1 aromatic rings. The second-order valence-electron chi connectivity index (χ2n) is 2.63. The lowest BCUT2D eigenvalue weighted by Crippen LogP contribution is -2.26. The first-order chi connectivity index (χ1) is 6.97. The van der Waals surface area contributed by atoms with Crippen LogP contribution in [-0.2, 0) is 0 Å². The Hall–Kier alpha value is -1.27. The van der Waals surface area contributed by atoms with Gasteiger partial charge in [0.2, 0.25) is 5.96 Å².